The monoisotopic (exact) mass is 344 g/mol. The van der Waals surface area contributed by atoms with E-state index in [0.717, 1.165) is 44.8 Å². The number of carbonyl (C=O) groups is 1. The minimum absolute atomic E-state index is 0.0280. The van der Waals surface area contributed by atoms with Crippen LogP contribution in [0.2, 0.25) is 0 Å². The van der Waals surface area contributed by atoms with Crippen LogP contribution in [-0.2, 0) is 4.74 Å². The second-order valence-electron chi connectivity index (χ2n) is 8.11. The molecule has 0 radical (unpaired) electrons. The number of aromatic nitrogens is 1. The Bertz CT molecular complexity index is 613. The summed E-state index contributed by atoms with van der Waals surface area (Å²) in [6.07, 6.45) is 5.09. The summed E-state index contributed by atoms with van der Waals surface area (Å²) in [6, 6.07) is 6.41. The molecule has 3 aliphatic rings. The molecule has 1 saturated carbocycles. The van der Waals surface area contributed by atoms with E-state index in [0.29, 0.717) is 12.0 Å². The molecule has 1 aromatic rings. The van der Waals surface area contributed by atoms with Crippen LogP contribution in [0.5, 0.6) is 0 Å². The van der Waals surface area contributed by atoms with Gasteiger partial charge < -0.3 is 20.3 Å². The predicted octanol–water partition coefficient (Wildman–Crippen LogP) is 2.16. The zero-order chi connectivity index (χ0) is 17.4. The van der Waals surface area contributed by atoms with E-state index in [-0.39, 0.29) is 23.5 Å². The van der Waals surface area contributed by atoms with Crippen molar-refractivity contribution in [2.45, 2.75) is 51.3 Å². The minimum Gasteiger partial charge on any atom is -0.377 e. The van der Waals surface area contributed by atoms with Gasteiger partial charge >= 0.3 is 6.03 Å². The number of ether oxygens (including phenoxy) is 1. The summed E-state index contributed by atoms with van der Waals surface area (Å²) in [6.45, 7) is 7.06. The Balaban J connectivity index is 1.26. The number of amides is 2. The van der Waals surface area contributed by atoms with Crippen LogP contribution in [0, 0.1) is 11.3 Å². The Morgan fingerprint density at radius 2 is 2.04 bits per heavy atom. The number of nitrogens with one attached hydrogen (secondary N) is 2. The van der Waals surface area contributed by atoms with Crippen molar-refractivity contribution in [2.75, 3.05) is 24.6 Å². The van der Waals surface area contributed by atoms with Crippen LogP contribution >= 0.6 is 0 Å². The van der Waals surface area contributed by atoms with Crippen LogP contribution < -0.4 is 15.5 Å². The minimum atomic E-state index is -0.0280. The number of hydrogen-bond acceptors (Lipinski definition) is 4. The van der Waals surface area contributed by atoms with E-state index in [9.17, 15) is 4.79 Å². The first-order chi connectivity index (χ1) is 12.1. The number of pyridine rings is 1. The van der Waals surface area contributed by atoms with Crippen molar-refractivity contribution in [1.29, 1.82) is 0 Å². The summed E-state index contributed by atoms with van der Waals surface area (Å²) >= 11 is 0. The highest BCUT2D eigenvalue weighted by Crippen LogP contribution is 2.52. The molecule has 3 atom stereocenters. The molecule has 0 aromatic carbocycles. The lowest BCUT2D eigenvalue weighted by atomic mass is 9.57. The molecule has 0 bridgehead atoms. The first-order valence-corrected chi connectivity index (χ1v) is 9.40. The Hall–Kier alpha value is -1.82. The second kappa shape index (κ2) is 6.48. The molecule has 2 N–H and O–H groups in total. The fourth-order valence-corrected chi connectivity index (χ4v) is 4.78. The van der Waals surface area contributed by atoms with E-state index < -0.39 is 0 Å². The number of nitrogens with zero attached hydrogens (tertiary/aromatic N) is 2. The smallest absolute Gasteiger partial charge is 0.315 e. The molecule has 3 heterocycles. The van der Waals surface area contributed by atoms with Crippen molar-refractivity contribution in [1.82, 2.24) is 15.6 Å². The number of urea groups is 1. The van der Waals surface area contributed by atoms with Gasteiger partial charge in [-0.3, -0.25) is 0 Å². The topological polar surface area (TPSA) is 66.5 Å². The number of carbonyl (C=O) groups excluding carboxylic acids is 1. The number of anilines is 1. The van der Waals surface area contributed by atoms with Gasteiger partial charge in [0.25, 0.3) is 0 Å². The first-order valence-electron chi connectivity index (χ1n) is 9.40. The van der Waals surface area contributed by atoms with Crippen LogP contribution in [0.3, 0.4) is 0 Å². The molecule has 0 spiro atoms. The third kappa shape index (κ3) is 3.08. The van der Waals surface area contributed by atoms with E-state index in [1.165, 1.54) is 0 Å². The Morgan fingerprint density at radius 3 is 2.76 bits per heavy atom. The van der Waals surface area contributed by atoms with Gasteiger partial charge in [-0.05, 0) is 31.4 Å². The molecule has 2 amide bonds. The maximum Gasteiger partial charge on any atom is 0.315 e. The van der Waals surface area contributed by atoms with Gasteiger partial charge in [-0.15, -0.1) is 0 Å². The molecule has 1 aromatic heterocycles. The molecular formula is C19H28N4O2. The van der Waals surface area contributed by atoms with E-state index in [2.05, 4.69) is 34.4 Å². The lowest BCUT2D eigenvalue weighted by molar-refractivity contribution is -0.108. The molecular weight excluding hydrogens is 316 g/mol. The van der Waals surface area contributed by atoms with Crippen LogP contribution in [0.1, 0.15) is 33.1 Å². The molecule has 3 fully saturated rings. The Kier molecular flexibility index (Phi) is 4.31. The van der Waals surface area contributed by atoms with Gasteiger partial charge in [0.15, 0.2) is 0 Å². The normalized spacial score (nSPS) is 31.1. The lowest BCUT2D eigenvalue weighted by Crippen LogP contribution is -2.68. The zero-order valence-electron chi connectivity index (χ0n) is 15.1. The quantitative estimate of drug-likeness (QED) is 0.882. The van der Waals surface area contributed by atoms with Crippen molar-refractivity contribution in [3.63, 3.8) is 0 Å². The fraction of sp³-hybridized carbons (Fsp3) is 0.684. The summed E-state index contributed by atoms with van der Waals surface area (Å²) in [4.78, 5) is 19.1. The van der Waals surface area contributed by atoms with Gasteiger partial charge in [0.1, 0.15) is 5.82 Å². The van der Waals surface area contributed by atoms with Gasteiger partial charge in [-0.2, -0.15) is 0 Å². The molecule has 1 aliphatic carbocycles. The van der Waals surface area contributed by atoms with Crippen molar-refractivity contribution in [2.24, 2.45) is 11.3 Å². The summed E-state index contributed by atoms with van der Waals surface area (Å²) in [7, 11) is 0. The third-order valence-electron chi connectivity index (χ3n) is 6.19. The zero-order valence-corrected chi connectivity index (χ0v) is 15.1. The molecule has 6 heteroatoms. The largest absolute Gasteiger partial charge is 0.377 e. The van der Waals surface area contributed by atoms with Crippen LogP contribution in [0.4, 0.5) is 10.6 Å². The van der Waals surface area contributed by atoms with Crippen LogP contribution in [0.25, 0.3) is 0 Å². The number of hydrogen-bond donors (Lipinski definition) is 2. The Labute approximate surface area is 149 Å². The molecule has 2 aliphatic heterocycles. The van der Waals surface area contributed by atoms with Crippen LogP contribution in [0.15, 0.2) is 24.4 Å². The number of rotatable bonds is 3. The van der Waals surface area contributed by atoms with Crippen molar-refractivity contribution < 1.29 is 9.53 Å². The molecule has 6 nitrogen and oxygen atoms in total. The highest BCUT2D eigenvalue weighted by molar-refractivity contribution is 5.75. The van der Waals surface area contributed by atoms with Gasteiger partial charge in [-0.1, -0.05) is 19.9 Å². The van der Waals surface area contributed by atoms with Gasteiger partial charge in [0.2, 0.25) is 0 Å². The Morgan fingerprint density at radius 1 is 1.24 bits per heavy atom. The van der Waals surface area contributed by atoms with Crippen molar-refractivity contribution >= 4 is 11.8 Å². The highest BCUT2D eigenvalue weighted by atomic mass is 16.5. The highest BCUT2D eigenvalue weighted by Gasteiger charge is 2.59. The second-order valence-corrected chi connectivity index (χ2v) is 8.11. The molecule has 0 unspecified atom stereocenters. The lowest BCUT2D eigenvalue weighted by Gasteiger charge is -2.54. The van der Waals surface area contributed by atoms with Crippen molar-refractivity contribution in [3.8, 4) is 0 Å². The third-order valence-corrected chi connectivity index (χ3v) is 6.19. The first kappa shape index (κ1) is 16.6. The molecule has 2 saturated heterocycles. The average Bonchev–Trinajstić information content (AvgIpc) is 3.08. The molecule has 136 valence electrons. The summed E-state index contributed by atoms with van der Waals surface area (Å²) in [5, 5.41) is 6.38. The van der Waals surface area contributed by atoms with Gasteiger partial charge in [0.05, 0.1) is 6.10 Å². The van der Waals surface area contributed by atoms with E-state index in [1.807, 2.05) is 24.4 Å². The van der Waals surface area contributed by atoms with E-state index >= 15 is 0 Å². The van der Waals surface area contributed by atoms with E-state index in [1.54, 1.807) is 0 Å². The predicted molar refractivity (Wildman–Crippen MR) is 96.6 cm³/mol. The standard InChI is InChI=1S/C19H28N4O2/c1-19(2)16(14-8-12-25-17(14)19)22-18(24)21-13-6-10-23(11-7-13)15-5-3-4-9-20-15/h3-5,9,13-14,16-17H,6-8,10-12H2,1-2H3,(H2,21,22,24)/t14-,16-,17-/m1/s1. The van der Waals surface area contributed by atoms with Gasteiger partial charge in [0, 0.05) is 49.3 Å². The molecule has 25 heavy (non-hydrogen) atoms. The summed E-state index contributed by atoms with van der Waals surface area (Å²) < 4.78 is 5.80. The molecule has 4 rings (SSSR count). The maximum atomic E-state index is 12.5. The fourth-order valence-electron chi connectivity index (χ4n) is 4.78. The average molecular weight is 344 g/mol. The number of piperidine rings is 1. The number of fused-ring (bicyclic) bond motifs is 1. The SMILES string of the molecule is CC1(C)[C@H](NC(=O)NC2CCN(c3ccccn3)CC2)[C@H]2CCO[C@H]21. The van der Waals surface area contributed by atoms with Crippen LogP contribution in [-0.4, -0.2) is 48.9 Å². The summed E-state index contributed by atoms with van der Waals surface area (Å²) in [5.74, 6) is 1.50. The van der Waals surface area contributed by atoms with E-state index in [4.69, 9.17) is 4.74 Å². The summed E-state index contributed by atoms with van der Waals surface area (Å²) in [5.41, 5.74) is 0.0286. The van der Waals surface area contributed by atoms with Crippen molar-refractivity contribution in [3.05, 3.63) is 24.4 Å². The maximum absolute atomic E-state index is 12.5. The van der Waals surface area contributed by atoms with Gasteiger partial charge in [-0.25, -0.2) is 9.78 Å².